The summed E-state index contributed by atoms with van der Waals surface area (Å²) in [6.45, 7) is 0.0675. The quantitative estimate of drug-likeness (QED) is 0.602. The average molecular weight is 468 g/mol. The Morgan fingerprint density at radius 3 is 2.32 bits per heavy atom. The predicted molar refractivity (Wildman–Crippen MR) is 109 cm³/mol. The van der Waals surface area contributed by atoms with E-state index in [-0.39, 0.29) is 28.5 Å². The Morgan fingerprint density at radius 1 is 1.00 bits per heavy atom. The minimum absolute atomic E-state index is 0.0556. The molecular weight excluding hydrogens is 455 g/mol. The van der Waals surface area contributed by atoms with E-state index in [2.05, 4.69) is 10.7 Å². The number of rotatable bonds is 4. The summed E-state index contributed by atoms with van der Waals surface area (Å²) in [4.78, 5) is 11.4. The van der Waals surface area contributed by atoms with Crippen molar-refractivity contribution in [2.45, 2.75) is 11.4 Å². The number of amides is 1. The van der Waals surface area contributed by atoms with Crippen molar-refractivity contribution in [3.63, 3.8) is 0 Å². The van der Waals surface area contributed by atoms with Gasteiger partial charge in [-0.15, -0.1) is 0 Å². The van der Waals surface area contributed by atoms with Gasteiger partial charge in [-0.05, 0) is 42.0 Å². The van der Waals surface area contributed by atoms with E-state index in [1.807, 2.05) is 0 Å². The second-order valence-corrected chi connectivity index (χ2v) is 8.68. The summed E-state index contributed by atoms with van der Waals surface area (Å²) in [5, 5.41) is 2.35. The number of halogens is 4. The molecule has 0 radical (unpaired) electrons. The Morgan fingerprint density at radius 2 is 1.65 bits per heavy atom. The van der Waals surface area contributed by atoms with E-state index < -0.39 is 38.3 Å². The number of carbonyl (C=O) groups is 1. The summed E-state index contributed by atoms with van der Waals surface area (Å²) in [6.07, 6.45) is 0. The van der Waals surface area contributed by atoms with Crippen molar-refractivity contribution in [2.75, 3.05) is 9.73 Å². The summed E-state index contributed by atoms with van der Waals surface area (Å²) < 4.78 is 68.7. The van der Waals surface area contributed by atoms with Crippen molar-refractivity contribution in [2.24, 2.45) is 0 Å². The monoisotopic (exact) mass is 467 g/mol. The maximum Gasteiger partial charge on any atom is 0.283 e. The molecule has 0 aliphatic carbocycles. The van der Waals surface area contributed by atoms with E-state index in [1.54, 1.807) is 0 Å². The molecule has 1 heterocycles. The van der Waals surface area contributed by atoms with E-state index in [1.165, 1.54) is 30.3 Å². The van der Waals surface area contributed by atoms with Crippen molar-refractivity contribution in [1.29, 1.82) is 0 Å². The molecule has 6 nitrogen and oxygen atoms in total. The molecule has 0 saturated heterocycles. The van der Waals surface area contributed by atoms with Gasteiger partial charge in [0.05, 0.1) is 16.3 Å². The molecule has 0 saturated carbocycles. The van der Waals surface area contributed by atoms with Gasteiger partial charge >= 0.3 is 0 Å². The summed E-state index contributed by atoms with van der Waals surface area (Å²) in [7, 11) is -4.65. The number of carbonyl (C=O) groups excluding carboxylic acids is 1. The molecule has 160 valence electrons. The molecule has 1 aliphatic rings. The van der Waals surface area contributed by atoms with Gasteiger partial charge in [-0.25, -0.2) is 18.6 Å². The Hall–Kier alpha value is -3.08. The first-order valence-electron chi connectivity index (χ1n) is 8.81. The number of hydrazine groups is 1. The number of hydrogen-bond donors (Lipinski definition) is 2. The molecule has 1 amide bonds. The molecule has 0 bridgehead atoms. The molecule has 0 fully saturated rings. The van der Waals surface area contributed by atoms with Crippen LogP contribution in [-0.2, 0) is 16.6 Å². The molecule has 0 atom stereocenters. The van der Waals surface area contributed by atoms with Gasteiger partial charge in [-0.2, -0.15) is 12.8 Å². The highest BCUT2D eigenvalue weighted by atomic mass is 35.5. The first-order valence-corrected chi connectivity index (χ1v) is 10.6. The number of hydrogen-bond acceptors (Lipinski definition) is 4. The second kappa shape index (κ2) is 7.88. The van der Waals surface area contributed by atoms with Crippen molar-refractivity contribution in [3.05, 3.63) is 88.2 Å². The second-order valence-electron chi connectivity index (χ2n) is 6.55. The zero-order chi connectivity index (χ0) is 22.3. The zero-order valence-electron chi connectivity index (χ0n) is 15.5. The minimum Gasteiger partial charge on any atom is -0.322 e. The minimum atomic E-state index is -4.65. The fraction of sp³-hybridized carbons (Fsp3) is 0.0500. The smallest absolute Gasteiger partial charge is 0.283 e. The standard InChI is InChI=1S/C20H13ClF3N3O3S/c21-13-3-1-4-14(22)18(13)20(28)26-12-8-7-11-10-25-27(17(11)9-12)31(29,30)19-15(23)5-2-6-16(19)24/h1-9,25H,10H2,(H,26,28). The van der Waals surface area contributed by atoms with Crippen LogP contribution in [0.4, 0.5) is 24.5 Å². The van der Waals surface area contributed by atoms with Gasteiger partial charge in [0.25, 0.3) is 15.9 Å². The van der Waals surface area contributed by atoms with Crippen LogP contribution in [0.2, 0.25) is 5.02 Å². The third-order valence-electron chi connectivity index (χ3n) is 4.58. The van der Waals surface area contributed by atoms with Gasteiger partial charge in [0.2, 0.25) is 0 Å². The van der Waals surface area contributed by atoms with Gasteiger partial charge in [-0.1, -0.05) is 29.8 Å². The molecule has 1 aliphatic heterocycles. The van der Waals surface area contributed by atoms with Crippen molar-refractivity contribution < 1.29 is 26.4 Å². The number of sulfonamides is 1. The molecule has 0 aromatic heterocycles. The highest BCUT2D eigenvalue weighted by molar-refractivity contribution is 7.92. The van der Waals surface area contributed by atoms with Gasteiger partial charge in [0.1, 0.15) is 17.5 Å². The summed E-state index contributed by atoms with van der Waals surface area (Å²) >= 11 is 5.90. The Kier molecular flexibility index (Phi) is 5.38. The normalized spacial score (nSPS) is 13.2. The molecule has 3 aromatic carbocycles. The fourth-order valence-corrected chi connectivity index (χ4v) is 4.89. The van der Waals surface area contributed by atoms with Crippen LogP contribution in [-0.4, -0.2) is 14.3 Å². The van der Waals surface area contributed by atoms with E-state index >= 15 is 0 Å². The Labute approximate surface area is 180 Å². The molecular formula is C20H13ClF3N3O3S. The van der Waals surface area contributed by atoms with Crippen LogP contribution < -0.4 is 15.2 Å². The lowest BCUT2D eigenvalue weighted by atomic mass is 10.1. The average Bonchev–Trinajstić information content (AvgIpc) is 3.11. The largest absolute Gasteiger partial charge is 0.322 e. The number of fused-ring (bicyclic) bond motifs is 1. The van der Waals surface area contributed by atoms with Crippen molar-refractivity contribution >= 4 is 38.9 Å². The number of nitrogens with zero attached hydrogens (tertiary/aromatic N) is 1. The molecule has 3 aromatic rings. The highest BCUT2D eigenvalue weighted by Gasteiger charge is 2.35. The topological polar surface area (TPSA) is 78.5 Å². The summed E-state index contributed by atoms with van der Waals surface area (Å²) in [5.74, 6) is -4.15. The van der Waals surface area contributed by atoms with Crippen LogP contribution in [0.5, 0.6) is 0 Å². The third-order valence-corrected chi connectivity index (χ3v) is 6.61. The van der Waals surface area contributed by atoms with Crippen LogP contribution in [0, 0.1) is 17.5 Å². The van der Waals surface area contributed by atoms with Gasteiger partial charge in [0, 0.05) is 12.2 Å². The van der Waals surface area contributed by atoms with E-state index in [0.717, 1.165) is 24.3 Å². The van der Waals surface area contributed by atoms with Crippen molar-refractivity contribution in [1.82, 2.24) is 5.43 Å². The Bertz CT molecular complexity index is 1280. The van der Waals surface area contributed by atoms with Crippen LogP contribution >= 0.6 is 11.6 Å². The fourth-order valence-electron chi connectivity index (χ4n) is 3.17. The maximum absolute atomic E-state index is 14.1. The van der Waals surface area contributed by atoms with E-state index in [9.17, 15) is 26.4 Å². The Balaban J connectivity index is 1.69. The lowest BCUT2D eigenvalue weighted by Crippen LogP contribution is -2.39. The third kappa shape index (κ3) is 3.73. The van der Waals surface area contributed by atoms with Crippen molar-refractivity contribution in [3.8, 4) is 0 Å². The van der Waals surface area contributed by atoms with Gasteiger partial charge in [-0.3, -0.25) is 4.79 Å². The van der Waals surface area contributed by atoms with E-state index in [4.69, 9.17) is 11.6 Å². The number of nitrogens with one attached hydrogen (secondary N) is 2. The first-order chi connectivity index (χ1) is 14.7. The van der Waals surface area contributed by atoms with Crippen LogP contribution in [0.15, 0.2) is 59.5 Å². The zero-order valence-corrected chi connectivity index (χ0v) is 17.1. The lowest BCUT2D eigenvalue weighted by Gasteiger charge is -2.20. The lowest BCUT2D eigenvalue weighted by molar-refractivity contribution is 0.102. The summed E-state index contributed by atoms with van der Waals surface area (Å²) in [6, 6.07) is 10.8. The molecule has 0 unspecified atom stereocenters. The first kappa shape index (κ1) is 21.2. The van der Waals surface area contributed by atoms with Crippen LogP contribution in [0.25, 0.3) is 0 Å². The van der Waals surface area contributed by atoms with Crippen LogP contribution in [0.3, 0.4) is 0 Å². The van der Waals surface area contributed by atoms with Gasteiger partial charge < -0.3 is 5.32 Å². The molecule has 4 rings (SSSR count). The number of benzene rings is 3. The van der Waals surface area contributed by atoms with Gasteiger partial charge in [0.15, 0.2) is 4.90 Å². The summed E-state index contributed by atoms with van der Waals surface area (Å²) in [5.41, 5.74) is 2.87. The van der Waals surface area contributed by atoms with E-state index in [0.29, 0.717) is 9.98 Å². The van der Waals surface area contributed by atoms with Crippen LogP contribution in [0.1, 0.15) is 15.9 Å². The molecule has 31 heavy (non-hydrogen) atoms. The highest BCUT2D eigenvalue weighted by Crippen LogP contribution is 2.34. The molecule has 11 heteroatoms. The molecule has 2 N–H and O–H groups in total. The number of anilines is 2. The predicted octanol–water partition coefficient (Wildman–Crippen LogP) is 4.22. The maximum atomic E-state index is 14.1. The SMILES string of the molecule is O=C(Nc1ccc2c(c1)N(S(=O)(=O)c1c(F)cccc1F)NC2)c1c(F)cccc1Cl. The molecule has 0 spiro atoms.